The molecule has 0 aliphatic heterocycles. The van der Waals surface area contributed by atoms with Crippen LogP contribution in [0.4, 0.5) is 0 Å². The molecule has 3 unspecified atom stereocenters. The van der Waals surface area contributed by atoms with Crippen LogP contribution in [0.25, 0.3) is 0 Å². The van der Waals surface area contributed by atoms with Gasteiger partial charge >= 0.3 is 0 Å². The topological polar surface area (TPSA) is 12.0 Å². The van der Waals surface area contributed by atoms with Gasteiger partial charge in [-0.3, -0.25) is 0 Å². The van der Waals surface area contributed by atoms with Gasteiger partial charge in [-0.1, -0.05) is 19.9 Å². The van der Waals surface area contributed by atoms with Crippen molar-refractivity contribution in [2.24, 2.45) is 23.7 Å². The molecule has 18 heavy (non-hydrogen) atoms. The first kappa shape index (κ1) is 15.8. The van der Waals surface area contributed by atoms with Crippen molar-refractivity contribution in [2.75, 3.05) is 6.54 Å². The molecule has 0 saturated heterocycles. The van der Waals surface area contributed by atoms with Crippen molar-refractivity contribution in [3.63, 3.8) is 0 Å². The number of nitrogens with one attached hydrogen (secondary N) is 1. The van der Waals surface area contributed by atoms with Gasteiger partial charge in [-0.05, 0) is 76.7 Å². The fraction of sp³-hybridized carbons (Fsp3) is 0.882. The monoisotopic (exact) mass is 251 g/mol. The quantitative estimate of drug-likeness (QED) is 0.702. The predicted octanol–water partition coefficient (Wildman–Crippen LogP) is 4.64. The van der Waals surface area contributed by atoms with Gasteiger partial charge in [0.2, 0.25) is 0 Å². The zero-order valence-electron chi connectivity index (χ0n) is 13.1. The van der Waals surface area contributed by atoms with E-state index < -0.39 is 0 Å². The second-order valence-corrected chi connectivity index (χ2v) is 7.49. The molecule has 0 heterocycles. The highest BCUT2D eigenvalue weighted by Gasteiger charge is 2.31. The summed E-state index contributed by atoms with van der Waals surface area (Å²) in [6.45, 7) is 16.7. The third-order valence-electron chi connectivity index (χ3n) is 4.49. The summed E-state index contributed by atoms with van der Waals surface area (Å²) in [5, 5.41) is 3.69. The van der Waals surface area contributed by atoms with Crippen LogP contribution >= 0.6 is 0 Å². The maximum Gasteiger partial charge on any atom is 0.00966 e. The minimum Gasteiger partial charge on any atom is -0.312 e. The molecule has 0 aromatic carbocycles. The van der Waals surface area contributed by atoms with E-state index in [0.717, 1.165) is 23.7 Å². The van der Waals surface area contributed by atoms with Gasteiger partial charge in [0.1, 0.15) is 0 Å². The lowest BCUT2D eigenvalue weighted by Gasteiger charge is -2.39. The summed E-state index contributed by atoms with van der Waals surface area (Å²) < 4.78 is 0. The van der Waals surface area contributed by atoms with E-state index in [1.807, 2.05) is 0 Å². The van der Waals surface area contributed by atoms with Crippen LogP contribution in [-0.2, 0) is 0 Å². The summed E-state index contributed by atoms with van der Waals surface area (Å²) in [6.07, 6.45) is 7.53. The molecule has 1 fully saturated rings. The van der Waals surface area contributed by atoms with Crippen molar-refractivity contribution in [2.45, 2.75) is 65.8 Å². The van der Waals surface area contributed by atoms with Crippen molar-refractivity contribution in [1.29, 1.82) is 0 Å². The lowest BCUT2D eigenvalue weighted by molar-refractivity contribution is 0.140. The molecule has 1 aliphatic carbocycles. The summed E-state index contributed by atoms with van der Waals surface area (Å²) in [5.41, 5.74) is 0.244. The average Bonchev–Trinajstić information content (AvgIpc) is 2.26. The lowest BCUT2D eigenvalue weighted by Crippen LogP contribution is -2.42. The molecule has 0 bridgehead atoms. The molecule has 0 spiro atoms. The normalized spacial score (nSPS) is 29.6. The smallest absolute Gasteiger partial charge is 0.00966 e. The van der Waals surface area contributed by atoms with Crippen LogP contribution in [0.5, 0.6) is 0 Å². The van der Waals surface area contributed by atoms with Crippen molar-refractivity contribution in [3.05, 3.63) is 12.7 Å². The Balaban J connectivity index is 2.53. The van der Waals surface area contributed by atoms with Crippen LogP contribution in [-0.4, -0.2) is 12.1 Å². The maximum absolute atomic E-state index is 3.95. The van der Waals surface area contributed by atoms with Gasteiger partial charge in [-0.15, -0.1) is 6.58 Å². The Morgan fingerprint density at radius 1 is 1.22 bits per heavy atom. The number of allylic oxidation sites excluding steroid dienone is 1. The summed E-state index contributed by atoms with van der Waals surface area (Å²) in [6, 6.07) is 0. The largest absolute Gasteiger partial charge is 0.312 e. The Morgan fingerprint density at radius 3 is 2.39 bits per heavy atom. The molecule has 1 aliphatic rings. The Hall–Kier alpha value is -0.300. The second kappa shape index (κ2) is 6.75. The molecule has 3 atom stereocenters. The van der Waals surface area contributed by atoms with Crippen LogP contribution in [0.2, 0.25) is 0 Å². The summed E-state index contributed by atoms with van der Waals surface area (Å²) in [7, 11) is 0. The first-order valence-corrected chi connectivity index (χ1v) is 7.69. The van der Waals surface area contributed by atoms with Crippen molar-refractivity contribution >= 4 is 0 Å². The minimum atomic E-state index is 0.244. The Morgan fingerprint density at radius 2 is 1.89 bits per heavy atom. The molecule has 106 valence electrons. The van der Waals surface area contributed by atoms with Gasteiger partial charge in [-0.2, -0.15) is 0 Å². The molecule has 0 aromatic rings. The Labute approximate surface area is 114 Å². The average molecular weight is 251 g/mol. The fourth-order valence-corrected chi connectivity index (χ4v) is 3.18. The van der Waals surface area contributed by atoms with Gasteiger partial charge < -0.3 is 5.32 Å². The highest BCUT2D eigenvalue weighted by atomic mass is 14.9. The van der Waals surface area contributed by atoms with Gasteiger partial charge in [0.15, 0.2) is 0 Å². The van der Waals surface area contributed by atoms with E-state index in [0.29, 0.717) is 0 Å². The van der Waals surface area contributed by atoms with E-state index in [-0.39, 0.29) is 5.54 Å². The highest BCUT2D eigenvalue weighted by Crippen LogP contribution is 2.39. The molecule has 1 saturated carbocycles. The van der Waals surface area contributed by atoms with Crippen LogP contribution in [0.15, 0.2) is 12.7 Å². The first-order chi connectivity index (χ1) is 8.33. The minimum absolute atomic E-state index is 0.244. The van der Waals surface area contributed by atoms with E-state index in [1.165, 1.54) is 32.2 Å². The number of hydrogen-bond acceptors (Lipinski definition) is 1. The van der Waals surface area contributed by atoms with E-state index in [1.54, 1.807) is 0 Å². The lowest BCUT2D eigenvalue weighted by atomic mass is 9.69. The molecule has 1 nitrogen and oxygen atoms in total. The van der Waals surface area contributed by atoms with Crippen molar-refractivity contribution in [1.82, 2.24) is 5.32 Å². The summed E-state index contributed by atoms with van der Waals surface area (Å²) in [5.74, 6) is 3.46. The SMILES string of the molecule is C=CCC1CC(C(C)C)CCC1CNC(C)(C)C. The standard InChI is InChI=1S/C17H33N/c1-7-8-15-11-14(13(2)3)9-10-16(15)12-18-17(4,5)6/h7,13-16,18H,1,8-12H2,2-6H3. The molecule has 1 heteroatoms. The number of hydrogen-bond donors (Lipinski definition) is 1. The molecule has 1 N–H and O–H groups in total. The Bertz CT molecular complexity index is 249. The molecule has 1 rings (SSSR count). The second-order valence-electron chi connectivity index (χ2n) is 7.49. The third-order valence-corrected chi connectivity index (χ3v) is 4.49. The van der Waals surface area contributed by atoms with Crippen molar-refractivity contribution in [3.8, 4) is 0 Å². The zero-order chi connectivity index (χ0) is 13.8. The summed E-state index contributed by atoms with van der Waals surface area (Å²) >= 11 is 0. The van der Waals surface area contributed by atoms with Gasteiger partial charge in [0.25, 0.3) is 0 Å². The van der Waals surface area contributed by atoms with Gasteiger partial charge in [0.05, 0.1) is 0 Å². The maximum atomic E-state index is 3.95. The first-order valence-electron chi connectivity index (χ1n) is 7.69. The third kappa shape index (κ3) is 5.14. The van der Waals surface area contributed by atoms with E-state index in [4.69, 9.17) is 0 Å². The van der Waals surface area contributed by atoms with E-state index in [2.05, 4.69) is 52.6 Å². The van der Waals surface area contributed by atoms with Crippen LogP contribution in [0, 0.1) is 23.7 Å². The van der Waals surface area contributed by atoms with Crippen molar-refractivity contribution < 1.29 is 0 Å². The number of rotatable bonds is 5. The van der Waals surface area contributed by atoms with E-state index in [9.17, 15) is 0 Å². The van der Waals surface area contributed by atoms with Gasteiger partial charge in [0, 0.05) is 5.54 Å². The summed E-state index contributed by atoms with van der Waals surface area (Å²) in [4.78, 5) is 0. The molecular weight excluding hydrogens is 218 g/mol. The molecule has 0 amide bonds. The van der Waals surface area contributed by atoms with E-state index >= 15 is 0 Å². The van der Waals surface area contributed by atoms with Crippen LogP contribution < -0.4 is 5.32 Å². The zero-order valence-corrected chi connectivity index (χ0v) is 13.1. The fourth-order valence-electron chi connectivity index (χ4n) is 3.18. The van der Waals surface area contributed by atoms with Gasteiger partial charge in [-0.25, -0.2) is 0 Å². The molecule has 0 radical (unpaired) electrons. The molecular formula is C17H33N. The predicted molar refractivity (Wildman–Crippen MR) is 81.7 cm³/mol. The Kier molecular flexibility index (Phi) is 5.91. The molecule has 0 aromatic heterocycles. The highest BCUT2D eigenvalue weighted by molar-refractivity contribution is 4.87. The van der Waals surface area contributed by atoms with Crippen LogP contribution in [0.3, 0.4) is 0 Å². The van der Waals surface area contributed by atoms with Crippen LogP contribution in [0.1, 0.15) is 60.3 Å².